The fourth-order valence-electron chi connectivity index (χ4n) is 1.97. The molecule has 2 N–H and O–H groups in total. The van der Waals surface area contributed by atoms with E-state index in [-0.39, 0.29) is 17.9 Å². The zero-order valence-corrected chi connectivity index (χ0v) is 13.1. The number of halogens is 2. The Morgan fingerprint density at radius 2 is 2.14 bits per heavy atom. The summed E-state index contributed by atoms with van der Waals surface area (Å²) >= 11 is 5.96. The fraction of sp³-hybridized carbons (Fsp3) is 0.533. The summed E-state index contributed by atoms with van der Waals surface area (Å²) in [5, 5.41) is 6.36. The predicted octanol–water partition coefficient (Wildman–Crippen LogP) is 3.23. The highest BCUT2D eigenvalue weighted by Gasteiger charge is 2.39. The lowest BCUT2D eigenvalue weighted by atomic mass is 10.2. The van der Waals surface area contributed by atoms with E-state index in [1.54, 1.807) is 12.1 Å². The minimum absolute atomic E-state index is 0.0189. The topological polar surface area (TPSA) is 50.4 Å². The lowest BCUT2D eigenvalue weighted by Gasteiger charge is -2.19. The van der Waals surface area contributed by atoms with Crippen LogP contribution in [0.5, 0.6) is 0 Å². The summed E-state index contributed by atoms with van der Waals surface area (Å²) in [5.41, 5.74) is -0.0649. The molecule has 0 aliphatic heterocycles. The number of benzene rings is 1. The van der Waals surface area contributed by atoms with Crippen molar-refractivity contribution in [1.29, 1.82) is 0 Å². The van der Waals surface area contributed by atoms with Crippen molar-refractivity contribution >= 4 is 17.7 Å². The van der Waals surface area contributed by atoms with Crippen molar-refractivity contribution < 1.29 is 13.9 Å². The molecule has 21 heavy (non-hydrogen) atoms. The van der Waals surface area contributed by atoms with Crippen molar-refractivity contribution in [3.8, 4) is 0 Å². The molecule has 0 saturated heterocycles. The van der Waals surface area contributed by atoms with Gasteiger partial charge in [0.1, 0.15) is 11.4 Å². The SMILES string of the molecule is CC(C)(C)OC(=O)NC1CC1NCc1c(F)cccc1Cl. The number of hydrogen-bond acceptors (Lipinski definition) is 3. The molecule has 6 heteroatoms. The Bertz CT molecular complexity index is 511. The fourth-order valence-corrected chi connectivity index (χ4v) is 2.20. The first kappa shape index (κ1) is 16.0. The Kier molecular flexibility index (Phi) is 4.74. The van der Waals surface area contributed by atoms with Crippen LogP contribution in [0.4, 0.5) is 9.18 Å². The Labute approximate surface area is 129 Å². The normalized spacial score (nSPS) is 21.0. The van der Waals surface area contributed by atoms with Gasteiger partial charge in [-0.15, -0.1) is 0 Å². The van der Waals surface area contributed by atoms with Gasteiger partial charge in [0.25, 0.3) is 0 Å². The van der Waals surface area contributed by atoms with E-state index in [0.717, 1.165) is 6.42 Å². The zero-order valence-electron chi connectivity index (χ0n) is 12.4. The quantitative estimate of drug-likeness (QED) is 0.897. The molecule has 1 fully saturated rings. The second kappa shape index (κ2) is 6.20. The van der Waals surface area contributed by atoms with E-state index in [9.17, 15) is 9.18 Å². The van der Waals surface area contributed by atoms with E-state index in [0.29, 0.717) is 17.1 Å². The number of amides is 1. The largest absolute Gasteiger partial charge is 0.444 e. The van der Waals surface area contributed by atoms with Crippen LogP contribution in [-0.2, 0) is 11.3 Å². The molecule has 0 radical (unpaired) electrons. The van der Waals surface area contributed by atoms with E-state index in [1.807, 2.05) is 20.8 Å². The molecule has 1 amide bonds. The maximum absolute atomic E-state index is 13.6. The number of carbonyl (C=O) groups is 1. The van der Waals surface area contributed by atoms with Gasteiger partial charge in [0.05, 0.1) is 0 Å². The van der Waals surface area contributed by atoms with E-state index >= 15 is 0 Å². The highest BCUT2D eigenvalue weighted by atomic mass is 35.5. The lowest BCUT2D eigenvalue weighted by molar-refractivity contribution is 0.0522. The predicted molar refractivity (Wildman–Crippen MR) is 79.8 cm³/mol. The highest BCUT2D eigenvalue weighted by Crippen LogP contribution is 2.24. The second-order valence-electron chi connectivity index (χ2n) is 6.18. The molecule has 0 aromatic heterocycles. The van der Waals surface area contributed by atoms with Crippen molar-refractivity contribution in [3.63, 3.8) is 0 Å². The summed E-state index contributed by atoms with van der Waals surface area (Å²) in [7, 11) is 0. The second-order valence-corrected chi connectivity index (χ2v) is 6.58. The van der Waals surface area contributed by atoms with Gasteiger partial charge in [-0.25, -0.2) is 9.18 Å². The molecule has 1 saturated carbocycles. The summed E-state index contributed by atoms with van der Waals surface area (Å²) in [6.07, 6.45) is 0.367. The van der Waals surface area contributed by atoms with Gasteiger partial charge >= 0.3 is 6.09 Å². The van der Waals surface area contributed by atoms with E-state index in [1.165, 1.54) is 6.07 Å². The summed E-state index contributed by atoms with van der Waals surface area (Å²) in [4.78, 5) is 11.6. The first-order chi connectivity index (χ1) is 9.76. The summed E-state index contributed by atoms with van der Waals surface area (Å²) in [6, 6.07) is 4.75. The van der Waals surface area contributed by atoms with Gasteiger partial charge in [0.2, 0.25) is 0 Å². The smallest absolute Gasteiger partial charge is 0.407 e. The maximum Gasteiger partial charge on any atom is 0.407 e. The molecule has 0 heterocycles. The average molecular weight is 315 g/mol. The molecule has 2 atom stereocenters. The third kappa shape index (κ3) is 4.86. The molecular formula is C15H20ClFN2O2. The minimum Gasteiger partial charge on any atom is -0.444 e. The third-order valence-electron chi connectivity index (χ3n) is 3.10. The monoisotopic (exact) mass is 314 g/mol. The molecule has 0 spiro atoms. The molecule has 116 valence electrons. The van der Waals surface area contributed by atoms with E-state index in [2.05, 4.69) is 10.6 Å². The number of nitrogens with one attached hydrogen (secondary N) is 2. The van der Waals surface area contributed by atoms with Gasteiger partial charge in [-0.05, 0) is 39.3 Å². The van der Waals surface area contributed by atoms with Gasteiger partial charge in [0, 0.05) is 29.2 Å². The first-order valence-corrected chi connectivity index (χ1v) is 7.30. The average Bonchev–Trinajstić information content (AvgIpc) is 3.04. The van der Waals surface area contributed by atoms with Gasteiger partial charge in [0.15, 0.2) is 0 Å². The Balaban J connectivity index is 1.76. The summed E-state index contributed by atoms with van der Waals surface area (Å²) in [5.74, 6) is -0.327. The van der Waals surface area contributed by atoms with Crippen LogP contribution in [0.3, 0.4) is 0 Å². The number of carbonyl (C=O) groups excluding carboxylic acids is 1. The Morgan fingerprint density at radius 1 is 1.43 bits per heavy atom. The van der Waals surface area contributed by atoms with Crippen LogP contribution >= 0.6 is 11.6 Å². The van der Waals surface area contributed by atoms with Gasteiger partial charge < -0.3 is 15.4 Å². The molecule has 1 aromatic rings. The standard InChI is InChI=1S/C15H20ClFN2O2/c1-15(2,3)21-14(20)19-13-7-12(13)18-8-9-10(16)5-4-6-11(9)17/h4-6,12-13,18H,7-8H2,1-3H3,(H,19,20). The Morgan fingerprint density at radius 3 is 2.76 bits per heavy atom. The van der Waals surface area contributed by atoms with Gasteiger partial charge in [-0.3, -0.25) is 0 Å². The first-order valence-electron chi connectivity index (χ1n) is 6.92. The van der Waals surface area contributed by atoms with Crippen LogP contribution in [-0.4, -0.2) is 23.8 Å². The molecule has 2 unspecified atom stereocenters. The van der Waals surface area contributed by atoms with Crippen LogP contribution < -0.4 is 10.6 Å². The van der Waals surface area contributed by atoms with Gasteiger partial charge in [-0.2, -0.15) is 0 Å². The van der Waals surface area contributed by atoms with Crippen LogP contribution in [0.1, 0.15) is 32.8 Å². The summed E-state index contributed by atoms with van der Waals surface area (Å²) in [6.45, 7) is 5.78. The Hall–Kier alpha value is -1.33. The number of rotatable bonds is 4. The van der Waals surface area contributed by atoms with Crippen LogP contribution in [0.25, 0.3) is 0 Å². The van der Waals surface area contributed by atoms with Gasteiger partial charge in [-0.1, -0.05) is 17.7 Å². The third-order valence-corrected chi connectivity index (χ3v) is 3.45. The molecule has 1 aliphatic rings. The molecule has 4 nitrogen and oxygen atoms in total. The molecule has 2 rings (SSSR count). The number of alkyl carbamates (subject to hydrolysis) is 1. The maximum atomic E-state index is 13.6. The summed E-state index contributed by atoms with van der Waals surface area (Å²) < 4.78 is 18.8. The van der Waals surface area contributed by atoms with Crippen molar-refractivity contribution in [2.45, 2.75) is 51.4 Å². The molecular weight excluding hydrogens is 295 g/mol. The van der Waals surface area contributed by atoms with Crippen molar-refractivity contribution in [1.82, 2.24) is 10.6 Å². The lowest BCUT2D eigenvalue weighted by Crippen LogP contribution is -2.36. The zero-order chi connectivity index (χ0) is 15.6. The van der Waals surface area contributed by atoms with Crippen LogP contribution in [0.2, 0.25) is 5.02 Å². The number of hydrogen-bond donors (Lipinski definition) is 2. The minimum atomic E-state index is -0.511. The van der Waals surface area contributed by atoms with E-state index in [4.69, 9.17) is 16.3 Å². The van der Waals surface area contributed by atoms with Crippen molar-refractivity contribution in [2.24, 2.45) is 0 Å². The highest BCUT2D eigenvalue weighted by molar-refractivity contribution is 6.31. The van der Waals surface area contributed by atoms with Crippen molar-refractivity contribution in [3.05, 3.63) is 34.6 Å². The number of ether oxygens (including phenoxy) is 1. The molecule has 1 aromatic carbocycles. The van der Waals surface area contributed by atoms with E-state index < -0.39 is 11.7 Å². The van der Waals surface area contributed by atoms with Crippen LogP contribution in [0, 0.1) is 5.82 Å². The van der Waals surface area contributed by atoms with Crippen molar-refractivity contribution in [2.75, 3.05) is 0 Å². The molecule has 1 aliphatic carbocycles. The van der Waals surface area contributed by atoms with Crippen LogP contribution in [0.15, 0.2) is 18.2 Å². The molecule has 0 bridgehead atoms.